The fraction of sp³-hybridized carbons (Fsp3) is 0.133. The number of aromatic nitrogens is 1. The fourth-order valence-electron chi connectivity index (χ4n) is 2.34. The number of carboxylic acids is 1. The van der Waals surface area contributed by atoms with Crippen LogP contribution in [0.1, 0.15) is 17.4 Å². The number of fused-ring (bicyclic) bond motifs is 3. The number of nitrogens with one attached hydrogen (secondary N) is 1. The zero-order valence-corrected chi connectivity index (χ0v) is 10.4. The predicted octanol–water partition coefficient (Wildman–Crippen LogP) is 3.42. The molecule has 3 rings (SSSR count). The highest BCUT2D eigenvalue weighted by molar-refractivity contribution is 6.11. The van der Waals surface area contributed by atoms with Crippen LogP contribution in [0, 0.1) is 0 Å². The van der Waals surface area contributed by atoms with Crippen LogP contribution in [0.2, 0.25) is 0 Å². The highest BCUT2D eigenvalue weighted by atomic mass is 16.5. The van der Waals surface area contributed by atoms with Crippen LogP contribution in [0.5, 0.6) is 5.75 Å². The molecule has 0 saturated heterocycles. The molecule has 19 heavy (non-hydrogen) atoms. The molecule has 0 aliphatic carbocycles. The number of rotatable bonds is 3. The lowest BCUT2D eigenvalue weighted by atomic mass is 10.1. The lowest BCUT2D eigenvalue weighted by Gasteiger charge is -2.08. The number of carbonyl (C=O) groups is 1. The van der Waals surface area contributed by atoms with E-state index < -0.39 is 5.97 Å². The van der Waals surface area contributed by atoms with Crippen LogP contribution in [0.4, 0.5) is 0 Å². The van der Waals surface area contributed by atoms with Gasteiger partial charge in [-0.05, 0) is 18.4 Å². The van der Waals surface area contributed by atoms with E-state index in [0.717, 1.165) is 27.4 Å². The monoisotopic (exact) mass is 255 g/mol. The first-order valence-corrected chi connectivity index (χ1v) is 6.11. The van der Waals surface area contributed by atoms with Gasteiger partial charge in [0.15, 0.2) is 0 Å². The van der Waals surface area contributed by atoms with Crippen LogP contribution in [0.25, 0.3) is 21.7 Å². The van der Waals surface area contributed by atoms with E-state index in [0.29, 0.717) is 6.61 Å². The second kappa shape index (κ2) is 4.31. The Morgan fingerprint density at radius 3 is 2.63 bits per heavy atom. The van der Waals surface area contributed by atoms with E-state index in [1.807, 2.05) is 37.3 Å². The minimum Gasteiger partial charge on any atom is -0.493 e. The number of H-pyrrole nitrogens is 1. The van der Waals surface area contributed by atoms with Crippen molar-refractivity contribution in [2.45, 2.75) is 6.92 Å². The third-order valence-corrected chi connectivity index (χ3v) is 3.14. The molecule has 0 spiro atoms. The zero-order chi connectivity index (χ0) is 13.4. The Bertz CT molecular complexity index is 774. The van der Waals surface area contributed by atoms with E-state index >= 15 is 0 Å². The molecule has 2 N–H and O–H groups in total. The average Bonchev–Trinajstić information content (AvgIpc) is 2.83. The van der Waals surface area contributed by atoms with Crippen molar-refractivity contribution in [3.8, 4) is 5.75 Å². The van der Waals surface area contributed by atoms with Gasteiger partial charge in [0.25, 0.3) is 0 Å². The van der Waals surface area contributed by atoms with E-state index in [9.17, 15) is 4.79 Å². The fourth-order valence-corrected chi connectivity index (χ4v) is 2.34. The van der Waals surface area contributed by atoms with Gasteiger partial charge in [0.05, 0.1) is 12.1 Å². The van der Waals surface area contributed by atoms with E-state index in [1.165, 1.54) is 0 Å². The number of aromatic carboxylic acids is 1. The molecule has 1 heterocycles. The number of hydrogen-bond acceptors (Lipinski definition) is 2. The lowest BCUT2D eigenvalue weighted by molar-refractivity contribution is 0.0691. The molecule has 3 aromatic rings. The van der Waals surface area contributed by atoms with Gasteiger partial charge >= 0.3 is 5.97 Å². The third-order valence-electron chi connectivity index (χ3n) is 3.14. The minimum absolute atomic E-state index is 0.189. The highest BCUT2D eigenvalue weighted by Gasteiger charge is 2.12. The molecule has 0 amide bonds. The third kappa shape index (κ3) is 1.81. The number of carboxylic acid groups (broad SMARTS) is 1. The van der Waals surface area contributed by atoms with Crippen molar-refractivity contribution in [3.63, 3.8) is 0 Å². The normalized spacial score (nSPS) is 11.0. The first-order valence-electron chi connectivity index (χ1n) is 6.11. The highest BCUT2D eigenvalue weighted by Crippen LogP contribution is 2.33. The maximum atomic E-state index is 11.1. The molecule has 0 aliphatic rings. The Kier molecular flexibility index (Phi) is 2.63. The van der Waals surface area contributed by atoms with Gasteiger partial charge in [-0.2, -0.15) is 0 Å². The van der Waals surface area contributed by atoms with Gasteiger partial charge in [-0.3, -0.25) is 0 Å². The molecular weight excluding hydrogens is 242 g/mol. The molecule has 0 bridgehead atoms. The van der Waals surface area contributed by atoms with Gasteiger partial charge < -0.3 is 14.8 Å². The number of benzene rings is 2. The summed E-state index contributed by atoms with van der Waals surface area (Å²) < 4.78 is 5.63. The van der Waals surface area contributed by atoms with Crippen LogP contribution >= 0.6 is 0 Å². The summed E-state index contributed by atoms with van der Waals surface area (Å²) in [4.78, 5) is 14.0. The van der Waals surface area contributed by atoms with Gasteiger partial charge in [-0.15, -0.1) is 0 Å². The Labute approximate surface area is 109 Å². The van der Waals surface area contributed by atoms with Crippen molar-refractivity contribution >= 4 is 27.6 Å². The molecule has 4 nitrogen and oxygen atoms in total. The van der Waals surface area contributed by atoms with Gasteiger partial charge in [0.1, 0.15) is 11.4 Å². The van der Waals surface area contributed by atoms with E-state index in [1.54, 1.807) is 6.07 Å². The lowest BCUT2D eigenvalue weighted by Crippen LogP contribution is -1.95. The smallest absolute Gasteiger partial charge is 0.352 e. The number of hydrogen-bond donors (Lipinski definition) is 2. The summed E-state index contributed by atoms with van der Waals surface area (Å²) >= 11 is 0. The Hall–Kier alpha value is -2.49. The maximum Gasteiger partial charge on any atom is 0.352 e. The van der Waals surface area contributed by atoms with E-state index in [-0.39, 0.29) is 5.69 Å². The SMILES string of the molecule is CCOc1cc2[nH]c(C(=O)O)cc2c2ccccc12. The Morgan fingerprint density at radius 2 is 1.95 bits per heavy atom. The minimum atomic E-state index is -0.960. The van der Waals surface area contributed by atoms with Crippen molar-refractivity contribution in [1.29, 1.82) is 0 Å². The summed E-state index contributed by atoms with van der Waals surface area (Å²) in [6.45, 7) is 2.50. The second-order valence-electron chi connectivity index (χ2n) is 4.30. The zero-order valence-electron chi connectivity index (χ0n) is 10.4. The molecule has 0 fully saturated rings. The summed E-state index contributed by atoms with van der Waals surface area (Å²) in [6.07, 6.45) is 0. The molecule has 96 valence electrons. The molecule has 0 saturated carbocycles. The van der Waals surface area contributed by atoms with Crippen LogP contribution in [-0.2, 0) is 0 Å². The van der Waals surface area contributed by atoms with Crippen LogP contribution in [0.3, 0.4) is 0 Å². The largest absolute Gasteiger partial charge is 0.493 e. The maximum absolute atomic E-state index is 11.1. The molecule has 0 aliphatic heterocycles. The summed E-state index contributed by atoms with van der Waals surface area (Å²) in [6, 6.07) is 11.3. The molecule has 1 aromatic heterocycles. The van der Waals surface area contributed by atoms with Crippen molar-refractivity contribution in [3.05, 3.63) is 42.1 Å². The summed E-state index contributed by atoms with van der Waals surface area (Å²) in [5, 5.41) is 12.0. The van der Waals surface area contributed by atoms with E-state index in [2.05, 4.69) is 4.98 Å². The second-order valence-corrected chi connectivity index (χ2v) is 4.30. The van der Waals surface area contributed by atoms with Crippen LogP contribution in [-0.4, -0.2) is 22.7 Å². The topological polar surface area (TPSA) is 62.3 Å². The summed E-state index contributed by atoms with van der Waals surface area (Å²) in [5.41, 5.74) is 0.966. The van der Waals surface area contributed by atoms with Crippen LogP contribution < -0.4 is 4.74 Å². The molecule has 2 aromatic carbocycles. The van der Waals surface area contributed by atoms with Crippen molar-refractivity contribution in [1.82, 2.24) is 4.98 Å². The predicted molar refractivity (Wildman–Crippen MR) is 73.9 cm³/mol. The Morgan fingerprint density at radius 1 is 1.21 bits per heavy atom. The van der Waals surface area contributed by atoms with Gasteiger partial charge in [-0.25, -0.2) is 4.79 Å². The number of ether oxygens (including phenoxy) is 1. The molecule has 0 radical (unpaired) electrons. The molecule has 4 heteroatoms. The van der Waals surface area contributed by atoms with Crippen LogP contribution in [0.15, 0.2) is 36.4 Å². The molecule has 0 atom stereocenters. The average molecular weight is 255 g/mol. The van der Waals surface area contributed by atoms with Crippen molar-refractivity contribution < 1.29 is 14.6 Å². The van der Waals surface area contributed by atoms with Gasteiger partial charge in [0.2, 0.25) is 0 Å². The first kappa shape index (κ1) is 11.6. The summed E-state index contributed by atoms with van der Waals surface area (Å²) in [7, 11) is 0. The van der Waals surface area contributed by atoms with Crippen molar-refractivity contribution in [2.24, 2.45) is 0 Å². The quantitative estimate of drug-likeness (QED) is 0.753. The first-order chi connectivity index (χ1) is 9.20. The van der Waals surface area contributed by atoms with Gasteiger partial charge in [-0.1, -0.05) is 24.3 Å². The van der Waals surface area contributed by atoms with Crippen molar-refractivity contribution in [2.75, 3.05) is 6.61 Å². The number of aromatic amines is 1. The Balaban J connectivity index is 2.39. The molecular formula is C15H13NO3. The summed E-state index contributed by atoms with van der Waals surface area (Å²) in [5.74, 6) is -0.192. The standard InChI is InChI=1S/C15H13NO3/c1-2-19-14-8-12-11(7-13(16-12)15(17)18)9-5-3-4-6-10(9)14/h3-8,16H,2H2,1H3,(H,17,18). The van der Waals surface area contributed by atoms with Gasteiger partial charge in [0, 0.05) is 16.8 Å². The van der Waals surface area contributed by atoms with E-state index in [4.69, 9.17) is 9.84 Å². The molecule has 0 unspecified atom stereocenters.